The zero-order chi connectivity index (χ0) is 13.8. The highest BCUT2D eigenvalue weighted by Crippen LogP contribution is 2.12. The lowest BCUT2D eigenvalue weighted by Gasteiger charge is -2.19. The quantitative estimate of drug-likeness (QED) is 0.644. The van der Waals surface area contributed by atoms with Crippen molar-refractivity contribution in [2.24, 2.45) is 0 Å². The van der Waals surface area contributed by atoms with Gasteiger partial charge in [-0.3, -0.25) is 9.59 Å². The largest absolute Gasteiger partial charge is 0.334 e. The van der Waals surface area contributed by atoms with Gasteiger partial charge < -0.3 is 10.2 Å². The molecule has 0 spiro atoms. The van der Waals surface area contributed by atoms with Crippen LogP contribution in [-0.2, 0) is 4.79 Å². The second-order valence-corrected chi connectivity index (χ2v) is 5.02. The van der Waals surface area contributed by atoms with Gasteiger partial charge >= 0.3 is 0 Å². The molecule has 0 atom stereocenters. The van der Waals surface area contributed by atoms with Crippen molar-refractivity contribution < 1.29 is 9.59 Å². The van der Waals surface area contributed by atoms with Gasteiger partial charge in [0.2, 0.25) is 5.78 Å². The molecule has 1 amide bonds. The van der Waals surface area contributed by atoms with Crippen molar-refractivity contribution in [1.82, 2.24) is 10.2 Å². The summed E-state index contributed by atoms with van der Waals surface area (Å²) in [6.07, 6.45) is 0.895. The molecular weight excluding hydrogens is 240 g/mol. The number of aryl methyl sites for hydroxylation is 2. The molecule has 1 saturated heterocycles. The summed E-state index contributed by atoms with van der Waals surface area (Å²) < 4.78 is 0. The summed E-state index contributed by atoms with van der Waals surface area (Å²) >= 11 is 0. The average molecular weight is 260 g/mol. The van der Waals surface area contributed by atoms with Crippen molar-refractivity contribution in [2.75, 3.05) is 26.2 Å². The fourth-order valence-electron chi connectivity index (χ4n) is 2.20. The Hall–Kier alpha value is -1.68. The monoisotopic (exact) mass is 260 g/mol. The van der Waals surface area contributed by atoms with Crippen LogP contribution in [0.25, 0.3) is 0 Å². The third kappa shape index (κ3) is 3.20. The third-order valence-corrected chi connectivity index (χ3v) is 3.59. The number of amides is 1. The molecule has 0 saturated carbocycles. The number of benzene rings is 1. The molecule has 0 aromatic heterocycles. The molecule has 19 heavy (non-hydrogen) atoms. The molecule has 0 radical (unpaired) electrons. The number of carbonyl (C=O) groups is 2. The van der Waals surface area contributed by atoms with Gasteiger partial charge in [0.25, 0.3) is 5.91 Å². The van der Waals surface area contributed by atoms with Crippen LogP contribution < -0.4 is 5.32 Å². The van der Waals surface area contributed by atoms with E-state index in [1.807, 2.05) is 19.9 Å². The molecule has 1 aliphatic rings. The van der Waals surface area contributed by atoms with E-state index in [1.54, 1.807) is 17.0 Å². The van der Waals surface area contributed by atoms with E-state index in [0.717, 1.165) is 30.6 Å². The second kappa shape index (κ2) is 5.97. The van der Waals surface area contributed by atoms with Crippen LogP contribution in [0.2, 0.25) is 0 Å². The highest BCUT2D eigenvalue weighted by molar-refractivity contribution is 6.42. The van der Waals surface area contributed by atoms with Gasteiger partial charge in [-0.1, -0.05) is 12.1 Å². The molecule has 1 N–H and O–H groups in total. The Morgan fingerprint density at radius 2 is 1.89 bits per heavy atom. The van der Waals surface area contributed by atoms with Crippen molar-refractivity contribution in [2.45, 2.75) is 20.3 Å². The Balaban J connectivity index is 2.13. The van der Waals surface area contributed by atoms with Crippen molar-refractivity contribution in [1.29, 1.82) is 0 Å². The van der Waals surface area contributed by atoms with Crippen LogP contribution in [0.1, 0.15) is 27.9 Å². The highest BCUT2D eigenvalue weighted by Gasteiger charge is 2.23. The number of hydrogen-bond donors (Lipinski definition) is 1. The summed E-state index contributed by atoms with van der Waals surface area (Å²) in [5.74, 6) is -0.781. The number of nitrogens with zero attached hydrogens (tertiary/aromatic N) is 1. The molecule has 102 valence electrons. The smallest absolute Gasteiger partial charge is 0.295 e. The van der Waals surface area contributed by atoms with E-state index in [9.17, 15) is 9.59 Å². The Morgan fingerprint density at radius 3 is 2.63 bits per heavy atom. The van der Waals surface area contributed by atoms with E-state index in [4.69, 9.17) is 0 Å². The van der Waals surface area contributed by atoms with E-state index in [0.29, 0.717) is 18.7 Å². The number of Topliss-reactive ketones (excluding diaryl/α,β-unsaturated/α-hetero) is 1. The molecule has 1 aromatic carbocycles. The molecule has 0 unspecified atom stereocenters. The van der Waals surface area contributed by atoms with Crippen molar-refractivity contribution in [3.8, 4) is 0 Å². The number of nitrogens with one attached hydrogen (secondary N) is 1. The average Bonchev–Trinajstić information content (AvgIpc) is 2.69. The molecule has 1 aliphatic heterocycles. The first-order valence-electron chi connectivity index (χ1n) is 6.71. The zero-order valence-corrected chi connectivity index (χ0v) is 11.5. The summed E-state index contributed by atoms with van der Waals surface area (Å²) in [5.41, 5.74) is 2.66. The molecule has 0 bridgehead atoms. The maximum Gasteiger partial charge on any atom is 0.295 e. The van der Waals surface area contributed by atoms with E-state index in [-0.39, 0.29) is 5.91 Å². The summed E-state index contributed by atoms with van der Waals surface area (Å²) in [6.45, 7) is 6.86. The number of hydrogen-bond acceptors (Lipinski definition) is 3. The summed E-state index contributed by atoms with van der Waals surface area (Å²) in [7, 11) is 0. The van der Waals surface area contributed by atoms with Gasteiger partial charge in [-0.15, -0.1) is 0 Å². The first-order valence-corrected chi connectivity index (χ1v) is 6.71. The van der Waals surface area contributed by atoms with Gasteiger partial charge in [0.05, 0.1) is 0 Å². The molecular formula is C15H20N2O2. The van der Waals surface area contributed by atoms with E-state index in [1.165, 1.54) is 0 Å². The Bertz CT molecular complexity index is 489. The van der Waals surface area contributed by atoms with E-state index >= 15 is 0 Å². The minimum absolute atomic E-state index is 0.382. The summed E-state index contributed by atoms with van der Waals surface area (Å²) in [6, 6.07) is 5.42. The third-order valence-electron chi connectivity index (χ3n) is 3.59. The van der Waals surface area contributed by atoms with Crippen LogP contribution >= 0.6 is 0 Å². The lowest BCUT2D eigenvalue weighted by atomic mass is 10.0. The lowest BCUT2D eigenvalue weighted by Crippen LogP contribution is -2.38. The normalized spacial score (nSPS) is 16.0. The maximum absolute atomic E-state index is 12.2. The predicted octanol–water partition coefficient (Wildman–Crippen LogP) is 1.31. The minimum atomic E-state index is -0.398. The zero-order valence-electron chi connectivity index (χ0n) is 11.5. The predicted molar refractivity (Wildman–Crippen MR) is 74.3 cm³/mol. The van der Waals surface area contributed by atoms with Crippen LogP contribution in [0, 0.1) is 13.8 Å². The van der Waals surface area contributed by atoms with Crippen LogP contribution in [0.5, 0.6) is 0 Å². The van der Waals surface area contributed by atoms with Gasteiger partial charge in [0.1, 0.15) is 0 Å². The van der Waals surface area contributed by atoms with E-state index < -0.39 is 5.78 Å². The van der Waals surface area contributed by atoms with Crippen molar-refractivity contribution in [3.63, 3.8) is 0 Å². The summed E-state index contributed by atoms with van der Waals surface area (Å²) in [5, 5.41) is 3.22. The SMILES string of the molecule is Cc1ccc(C(=O)C(=O)N2CCCNCC2)cc1C. The van der Waals surface area contributed by atoms with Gasteiger partial charge in [0, 0.05) is 25.2 Å². The first-order chi connectivity index (χ1) is 9.09. The number of ketones is 1. The Kier molecular flexibility index (Phi) is 4.32. The molecule has 1 heterocycles. The first kappa shape index (κ1) is 13.7. The Morgan fingerprint density at radius 1 is 1.11 bits per heavy atom. The van der Waals surface area contributed by atoms with Crippen molar-refractivity contribution >= 4 is 11.7 Å². The van der Waals surface area contributed by atoms with Gasteiger partial charge in [-0.25, -0.2) is 0 Å². The minimum Gasteiger partial charge on any atom is -0.334 e. The fraction of sp³-hybridized carbons (Fsp3) is 0.467. The topological polar surface area (TPSA) is 49.4 Å². The lowest BCUT2D eigenvalue weighted by molar-refractivity contribution is -0.126. The standard InChI is InChI=1S/C15H20N2O2/c1-11-4-5-13(10-12(11)2)14(18)15(19)17-8-3-6-16-7-9-17/h4-5,10,16H,3,6-9H2,1-2H3. The van der Waals surface area contributed by atoms with Crippen LogP contribution in [0.15, 0.2) is 18.2 Å². The molecule has 0 aliphatic carbocycles. The Labute approximate surface area is 113 Å². The van der Waals surface area contributed by atoms with Crippen molar-refractivity contribution in [3.05, 3.63) is 34.9 Å². The molecule has 1 fully saturated rings. The molecule has 1 aromatic rings. The maximum atomic E-state index is 12.2. The fourth-order valence-corrected chi connectivity index (χ4v) is 2.20. The second-order valence-electron chi connectivity index (χ2n) is 5.02. The van der Waals surface area contributed by atoms with Gasteiger partial charge in [0.15, 0.2) is 0 Å². The van der Waals surface area contributed by atoms with Crippen LogP contribution in [0.4, 0.5) is 0 Å². The number of carbonyl (C=O) groups excluding carboxylic acids is 2. The van der Waals surface area contributed by atoms with Gasteiger partial charge in [-0.2, -0.15) is 0 Å². The highest BCUT2D eigenvalue weighted by atomic mass is 16.2. The van der Waals surface area contributed by atoms with E-state index in [2.05, 4.69) is 5.32 Å². The molecule has 2 rings (SSSR count). The van der Waals surface area contributed by atoms with Crippen LogP contribution in [-0.4, -0.2) is 42.8 Å². The molecule has 4 heteroatoms. The number of rotatable bonds is 2. The van der Waals surface area contributed by atoms with Crippen LogP contribution in [0.3, 0.4) is 0 Å². The molecule has 4 nitrogen and oxygen atoms in total. The van der Waals surface area contributed by atoms with Gasteiger partial charge in [-0.05, 0) is 44.0 Å². The summed E-state index contributed by atoms with van der Waals surface area (Å²) in [4.78, 5) is 26.1.